The average molecular weight is 225 g/mol. The van der Waals surface area contributed by atoms with Crippen molar-refractivity contribution < 1.29 is 0 Å². The van der Waals surface area contributed by atoms with Gasteiger partial charge < -0.3 is 10.7 Å². The van der Waals surface area contributed by atoms with Crippen LogP contribution in [-0.4, -0.2) is 21.0 Å². The van der Waals surface area contributed by atoms with Crippen LogP contribution in [0, 0.1) is 0 Å². The molecule has 80 valence electrons. The van der Waals surface area contributed by atoms with Crippen molar-refractivity contribution in [2.24, 2.45) is 5.73 Å². The number of rotatable bonds is 3. The molecule has 2 rings (SSSR count). The lowest BCUT2D eigenvalue weighted by Gasteiger charge is -2.03. The molecule has 0 aliphatic rings. The lowest BCUT2D eigenvalue weighted by Crippen LogP contribution is -2.15. The molecule has 0 spiro atoms. The van der Waals surface area contributed by atoms with Gasteiger partial charge in [-0.1, -0.05) is 11.6 Å². The molecule has 0 aromatic carbocycles. The Morgan fingerprint density at radius 1 is 1.53 bits per heavy atom. The molecule has 0 bridgehead atoms. The zero-order valence-corrected chi connectivity index (χ0v) is 9.25. The number of aromatic amines is 1. The van der Waals surface area contributed by atoms with Gasteiger partial charge in [0.15, 0.2) is 0 Å². The number of nitrogens with zero attached hydrogens (tertiary/aromatic N) is 2. The van der Waals surface area contributed by atoms with E-state index in [2.05, 4.69) is 15.0 Å². The molecule has 5 heteroatoms. The topological polar surface area (TPSA) is 67.6 Å². The largest absolute Gasteiger partial charge is 0.346 e. The Morgan fingerprint density at radius 3 is 3.07 bits per heavy atom. The van der Waals surface area contributed by atoms with Gasteiger partial charge in [-0.2, -0.15) is 0 Å². The molecule has 2 heterocycles. The summed E-state index contributed by atoms with van der Waals surface area (Å²) in [7, 11) is 0. The number of hydrogen-bond acceptors (Lipinski definition) is 3. The van der Waals surface area contributed by atoms with Gasteiger partial charge in [-0.3, -0.25) is 0 Å². The maximum atomic E-state index is 6.02. The first-order valence-electron chi connectivity index (χ1n) is 4.90. The monoisotopic (exact) mass is 224 g/mol. The summed E-state index contributed by atoms with van der Waals surface area (Å²) in [4.78, 5) is 11.2. The maximum Gasteiger partial charge on any atom is 0.142 e. The van der Waals surface area contributed by atoms with Gasteiger partial charge in [-0.15, -0.1) is 0 Å². The third-order valence-corrected chi connectivity index (χ3v) is 2.66. The summed E-state index contributed by atoms with van der Waals surface area (Å²) in [5.74, 6) is 0. The van der Waals surface area contributed by atoms with Crippen LogP contribution in [0.2, 0.25) is 5.15 Å². The van der Waals surface area contributed by atoms with Gasteiger partial charge in [0.2, 0.25) is 0 Å². The molecule has 0 saturated heterocycles. The highest BCUT2D eigenvalue weighted by atomic mass is 35.5. The van der Waals surface area contributed by atoms with E-state index in [-0.39, 0.29) is 6.04 Å². The Kier molecular flexibility index (Phi) is 2.88. The van der Waals surface area contributed by atoms with E-state index >= 15 is 0 Å². The fourth-order valence-corrected chi connectivity index (χ4v) is 1.82. The Balaban J connectivity index is 2.35. The highest BCUT2D eigenvalue weighted by Gasteiger charge is 2.09. The zero-order valence-electron chi connectivity index (χ0n) is 8.50. The van der Waals surface area contributed by atoms with E-state index in [9.17, 15) is 0 Å². The number of aromatic nitrogens is 3. The number of aryl methyl sites for hydroxylation is 1. The molecular weight excluding hydrogens is 212 g/mol. The summed E-state index contributed by atoms with van der Waals surface area (Å²) >= 11 is 6.02. The molecule has 1 atom stereocenters. The van der Waals surface area contributed by atoms with E-state index in [1.54, 1.807) is 0 Å². The number of fused-ring (bicyclic) bond motifs is 1. The van der Waals surface area contributed by atoms with Crippen molar-refractivity contribution in [1.29, 1.82) is 0 Å². The number of nitrogens with one attached hydrogen (secondary N) is 1. The van der Waals surface area contributed by atoms with Crippen molar-refractivity contribution >= 4 is 22.6 Å². The lowest BCUT2D eigenvalue weighted by molar-refractivity contribution is 0.668. The van der Waals surface area contributed by atoms with Crippen LogP contribution < -0.4 is 5.73 Å². The Hall–Kier alpha value is -1.13. The number of hydrogen-bond donors (Lipinski definition) is 2. The van der Waals surface area contributed by atoms with E-state index in [4.69, 9.17) is 17.3 Å². The Labute approximate surface area is 92.9 Å². The van der Waals surface area contributed by atoms with Gasteiger partial charge in [0.05, 0.1) is 5.39 Å². The molecule has 2 aromatic rings. The summed E-state index contributed by atoms with van der Waals surface area (Å²) < 4.78 is 0. The van der Waals surface area contributed by atoms with Crippen molar-refractivity contribution in [1.82, 2.24) is 15.0 Å². The second-order valence-electron chi connectivity index (χ2n) is 3.72. The quantitative estimate of drug-likeness (QED) is 0.783. The Morgan fingerprint density at radius 2 is 2.33 bits per heavy atom. The standard InChI is InChI=1S/C10H13ClN4/c1-6(12)2-3-7-4-13-10-8(7)9(11)14-5-15-10/h4-6H,2-3,12H2,1H3,(H,13,14,15)/t6-/m1/s1. The summed E-state index contributed by atoms with van der Waals surface area (Å²) in [6, 6.07) is 0.193. The minimum absolute atomic E-state index is 0.193. The summed E-state index contributed by atoms with van der Waals surface area (Å²) in [6.07, 6.45) is 5.20. The smallest absolute Gasteiger partial charge is 0.142 e. The van der Waals surface area contributed by atoms with Crippen molar-refractivity contribution in [3.05, 3.63) is 23.2 Å². The summed E-state index contributed by atoms with van der Waals surface area (Å²) in [6.45, 7) is 1.99. The van der Waals surface area contributed by atoms with E-state index in [1.165, 1.54) is 6.33 Å². The predicted octanol–water partition coefficient (Wildman–Crippen LogP) is 1.89. The van der Waals surface area contributed by atoms with E-state index in [0.29, 0.717) is 5.15 Å². The minimum Gasteiger partial charge on any atom is -0.346 e. The molecule has 0 unspecified atom stereocenters. The summed E-state index contributed by atoms with van der Waals surface area (Å²) in [5.41, 5.74) is 7.64. The van der Waals surface area contributed by atoms with Gasteiger partial charge in [-0.05, 0) is 25.3 Å². The van der Waals surface area contributed by atoms with Gasteiger partial charge in [0.25, 0.3) is 0 Å². The van der Waals surface area contributed by atoms with Crippen LogP contribution in [0.4, 0.5) is 0 Å². The molecule has 4 nitrogen and oxygen atoms in total. The van der Waals surface area contributed by atoms with E-state index in [0.717, 1.165) is 29.4 Å². The third-order valence-electron chi connectivity index (χ3n) is 2.37. The molecule has 2 aromatic heterocycles. The first kappa shape index (κ1) is 10.4. The lowest BCUT2D eigenvalue weighted by atomic mass is 10.1. The van der Waals surface area contributed by atoms with E-state index < -0.39 is 0 Å². The second kappa shape index (κ2) is 4.16. The van der Waals surface area contributed by atoms with Crippen LogP contribution in [-0.2, 0) is 6.42 Å². The van der Waals surface area contributed by atoms with Crippen molar-refractivity contribution in [2.75, 3.05) is 0 Å². The minimum atomic E-state index is 0.193. The summed E-state index contributed by atoms with van der Waals surface area (Å²) in [5, 5.41) is 1.42. The fourth-order valence-electron chi connectivity index (χ4n) is 1.57. The van der Waals surface area contributed by atoms with Gasteiger partial charge in [0.1, 0.15) is 17.1 Å². The molecule has 0 fully saturated rings. The van der Waals surface area contributed by atoms with Crippen LogP contribution in [0.15, 0.2) is 12.5 Å². The van der Waals surface area contributed by atoms with Gasteiger partial charge in [-0.25, -0.2) is 9.97 Å². The molecule has 15 heavy (non-hydrogen) atoms. The highest BCUT2D eigenvalue weighted by molar-refractivity contribution is 6.34. The van der Waals surface area contributed by atoms with Gasteiger partial charge >= 0.3 is 0 Å². The van der Waals surface area contributed by atoms with Crippen molar-refractivity contribution in [3.63, 3.8) is 0 Å². The molecule has 0 radical (unpaired) electrons. The predicted molar refractivity (Wildman–Crippen MR) is 60.9 cm³/mol. The van der Waals surface area contributed by atoms with Crippen LogP contribution >= 0.6 is 11.6 Å². The van der Waals surface area contributed by atoms with Crippen LogP contribution in [0.3, 0.4) is 0 Å². The second-order valence-corrected chi connectivity index (χ2v) is 4.08. The highest BCUT2D eigenvalue weighted by Crippen LogP contribution is 2.23. The van der Waals surface area contributed by atoms with Crippen LogP contribution in [0.1, 0.15) is 18.9 Å². The van der Waals surface area contributed by atoms with Crippen LogP contribution in [0.5, 0.6) is 0 Å². The molecule has 3 N–H and O–H groups in total. The van der Waals surface area contributed by atoms with Crippen molar-refractivity contribution in [3.8, 4) is 0 Å². The average Bonchev–Trinajstić information content (AvgIpc) is 2.59. The number of halogens is 1. The third kappa shape index (κ3) is 2.11. The molecule has 0 saturated carbocycles. The fraction of sp³-hybridized carbons (Fsp3) is 0.400. The van der Waals surface area contributed by atoms with E-state index in [1.807, 2.05) is 13.1 Å². The van der Waals surface area contributed by atoms with Crippen LogP contribution in [0.25, 0.3) is 11.0 Å². The molecule has 0 aliphatic carbocycles. The first-order chi connectivity index (χ1) is 7.18. The van der Waals surface area contributed by atoms with Crippen molar-refractivity contribution in [2.45, 2.75) is 25.8 Å². The maximum absolute atomic E-state index is 6.02. The number of H-pyrrole nitrogens is 1. The Bertz CT molecular complexity index is 463. The first-order valence-corrected chi connectivity index (χ1v) is 5.28. The number of nitrogens with two attached hydrogens (primary N) is 1. The SMILES string of the molecule is C[C@@H](N)CCc1c[nH]c2ncnc(Cl)c12. The van der Waals surface area contributed by atoms with Gasteiger partial charge in [0, 0.05) is 12.2 Å². The normalized spacial score (nSPS) is 13.3. The molecule has 0 aliphatic heterocycles. The zero-order chi connectivity index (χ0) is 10.8. The molecular formula is C10H13ClN4. The molecule has 0 amide bonds.